The molecule has 0 radical (unpaired) electrons. The van der Waals surface area contributed by atoms with Gasteiger partial charge in [-0.25, -0.2) is 0 Å². The van der Waals surface area contributed by atoms with E-state index in [0.29, 0.717) is 10.6 Å². The Morgan fingerprint density at radius 3 is 2.33 bits per heavy atom. The summed E-state index contributed by atoms with van der Waals surface area (Å²) in [5.74, 6) is -1.12. The Morgan fingerprint density at radius 2 is 1.71 bits per heavy atom. The van der Waals surface area contributed by atoms with Crippen molar-refractivity contribution in [3.8, 4) is 11.1 Å². The fourth-order valence-corrected chi connectivity index (χ4v) is 2.28. The van der Waals surface area contributed by atoms with Crippen molar-refractivity contribution in [1.82, 2.24) is 0 Å². The highest BCUT2D eigenvalue weighted by Crippen LogP contribution is 2.27. The summed E-state index contributed by atoms with van der Waals surface area (Å²) in [5.41, 5.74) is 3.63. The third-order valence-electron chi connectivity index (χ3n) is 3.28. The molecule has 4 heteroatoms. The first-order valence-electron chi connectivity index (χ1n) is 6.59. The average Bonchev–Trinajstić information content (AvgIpc) is 2.47. The molecule has 0 aliphatic heterocycles. The lowest BCUT2D eigenvalue weighted by molar-refractivity contribution is -0.136. The van der Waals surface area contributed by atoms with E-state index in [9.17, 15) is 9.59 Å². The first-order chi connectivity index (χ1) is 9.97. The molecule has 0 amide bonds. The number of carboxylic acid groups (broad SMARTS) is 1. The zero-order valence-corrected chi connectivity index (χ0v) is 12.4. The van der Waals surface area contributed by atoms with Gasteiger partial charge in [-0.05, 0) is 35.7 Å². The van der Waals surface area contributed by atoms with Gasteiger partial charge in [-0.3, -0.25) is 9.59 Å². The van der Waals surface area contributed by atoms with Crippen molar-refractivity contribution in [1.29, 1.82) is 0 Å². The third-order valence-corrected chi connectivity index (χ3v) is 3.52. The second kappa shape index (κ2) is 6.55. The van der Waals surface area contributed by atoms with Crippen LogP contribution in [0.4, 0.5) is 0 Å². The molecule has 1 N–H and O–H groups in total. The average molecular weight is 303 g/mol. The van der Waals surface area contributed by atoms with Crippen LogP contribution in [0.1, 0.15) is 28.8 Å². The summed E-state index contributed by atoms with van der Waals surface area (Å²) in [4.78, 5) is 22.3. The van der Waals surface area contributed by atoms with Gasteiger partial charge in [-0.2, -0.15) is 0 Å². The molecular weight excluding hydrogens is 288 g/mol. The summed E-state index contributed by atoms with van der Waals surface area (Å²) < 4.78 is 0. The standard InChI is InChI=1S/C17H15ClO3/c1-11-2-7-14(18)10-15(11)12-3-5-13(6-4-12)16(19)8-9-17(20)21/h2-7,10H,8-9H2,1H3,(H,20,21). The molecule has 0 unspecified atom stereocenters. The van der Waals surface area contributed by atoms with Crippen molar-refractivity contribution < 1.29 is 14.7 Å². The first-order valence-corrected chi connectivity index (χ1v) is 6.97. The zero-order valence-electron chi connectivity index (χ0n) is 11.6. The van der Waals surface area contributed by atoms with E-state index in [1.165, 1.54) is 0 Å². The van der Waals surface area contributed by atoms with Gasteiger partial charge in [0.25, 0.3) is 0 Å². The van der Waals surface area contributed by atoms with Crippen molar-refractivity contribution in [2.45, 2.75) is 19.8 Å². The molecule has 0 aliphatic carbocycles. The van der Waals surface area contributed by atoms with Gasteiger partial charge in [0.1, 0.15) is 0 Å². The molecule has 0 aliphatic rings. The highest BCUT2D eigenvalue weighted by molar-refractivity contribution is 6.30. The maximum Gasteiger partial charge on any atom is 0.303 e. The van der Waals surface area contributed by atoms with Crippen LogP contribution >= 0.6 is 11.6 Å². The Labute approximate surface area is 128 Å². The largest absolute Gasteiger partial charge is 0.481 e. The SMILES string of the molecule is Cc1ccc(Cl)cc1-c1ccc(C(=O)CCC(=O)O)cc1. The lowest BCUT2D eigenvalue weighted by Gasteiger charge is -2.07. The van der Waals surface area contributed by atoms with Gasteiger partial charge in [0.2, 0.25) is 0 Å². The second-order valence-corrected chi connectivity index (χ2v) is 5.29. The minimum Gasteiger partial charge on any atom is -0.481 e. The predicted molar refractivity (Wildman–Crippen MR) is 82.8 cm³/mol. The molecule has 21 heavy (non-hydrogen) atoms. The molecule has 2 aromatic carbocycles. The first kappa shape index (κ1) is 15.3. The molecule has 0 spiro atoms. The molecule has 0 aromatic heterocycles. The molecule has 0 saturated heterocycles. The Hall–Kier alpha value is -2.13. The number of hydrogen-bond acceptors (Lipinski definition) is 2. The molecule has 0 fully saturated rings. The minimum atomic E-state index is -0.963. The number of carbonyl (C=O) groups excluding carboxylic acids is 1. The number of aryl methyl sites for hydroxylation is 1. The molecule has 2 rings (SSSR count). The minimum absolute atomic E-state index is 0.0187. The highest BCUT2D eigenvalue weighted by atomic mass is 35.5. The molecule has 0 atom stereocenters. The third kappa shape index (κ3) is 3.92. The van der Waals surface area contributed by atoms with Gasteiger partial charge >= 0.3 is 5.97 Å². The van der Waals surface area contributed by atoms with Crippen molar-refractivity contribution in [3.05, 3.63) is 58.6 Å². The maximum atomic E-state index is 11.8. The summed E-state index contributed by atoms with van der Waals surface area (Å²) in [7, 11) is 0. The lowest BCUT2D eigenvalue weighted by atomic mass is 9.98. The van der Waals surface area contributed by atoms with Gasteiger partial charge in [0.05, 0.1) is 6.42 Å². The Morgan fingerprint density at radius 1 is 1.05 bits per heavy atom. The summed E-state index contributed by atoms with van der Waals surface area (Å²) in [6.45, 7) is 2.00. The molecule has 3 nitrogen and oxygen atoms in total. The predicted octanol–water partition coefficient (Wildman–Crippen LogP) is 4.36. The van der Waals surface area contributed by atoms with Crippen LogP contribution in [0.5, 0.6) is 0 Å². The van der Waals surface area contributed by atoms with Crippen LogP contribution in [0.25, 0.3) is 11.1 Å². The van der Waals surface area contributed by atoms with E-state index in [2.05, 4.69) is 0 Å². The molecule has 2 aromatic rings. The van der Waals surface area contributed by atoms with Crippen molar-refractivity contribution in [2.75, 3.05) is 0 Å². The van der Waals surface area contributed by atoms with E-state index < -0.39 is 5.97 Å². The van der Waals surface area contributed by atoms with Crippen LogP contribution in [0.15, 0.2) is 42.5 Å². The Bertz CT molecular complexity index is 675. The van der Waals surface area contributed by atoms with E-state index in [-0.39, 0.29) is 18.6 Å². The van der Waals surface area contributed by atoms with Gasteiger partial charge in [0.15, 0.2) is 5.78 Å². The zero-order chi connectivity index (χ0) is 15.4. The van der Waals surface area contributed by atoms with Crippen molar-refractivity contribution in [3.63, 3.8) is 0 Å². The maximum absolute atomic E-state index is 11.8. The number of aliphatic carboxylic acids is 1. The molecule has 0 saturated carbocycles. The molecule has 0 bridgehead atoms. The quantitative estimate of drug-likeness (QED) is 0.835. The number of hydrogen-bond donors (Lipinski definition) is 1. The Kier molecular flexibility index (Phi) is 4.76. The highest BCUT2D eigenvalue weighted by Gasteiger charge is 2.09. The van der Waals surface area contributed by atoms with Gasteiger partial charge in [-0.15, -0.1) is 0 Å². The van der Waals surface area contributed by atoms with Crippen LogP contribution in [-0.2, 0) is 4.79 Å². The number of rotatable bonds is 5. The smallest absolute Gasteiger partial charge is 0.303 e. The van der Waals surface area contributed by atoms with E-state index in [1.807, 2.05) is 37.3 Å². The van der Waals surface area contributed by atoms with Crippen molar-refractivity contribution in [2.24, 2.45) is 0 Å². The molecular formula is C17H15ClO3. The summed E-state index contributed by atoms with van der Waals surface area (Å²) >= 11 is 6.01. The Balaban J connectivity index is 2.20. The van der Waals surface area contributed by atoms with Crippen LogP contribution in [-0.4, -0.2) is 16.9 Å². The summed E-state index contributed by atoms with van der Waals surface area (Å²) in [6, 6.07) is 12.8. The topological polar surface area (TPSA) is 54.4 Å². The number of carbonyl (C=O) groups is 2. The van der Waals surface area contributed by atoms with Crippen molar-refractivity contribution >= 4 is 23.4 Å². The fraction of sp³-hybridized carbons (Fsp3) is 0.176. The van der Waals surface area contributed by atoms with Crippen LogP contribution in [0.2, 0.25) is 5.02 Å². The number of ketones is 1. The second-order valence-electron chi connectivity index (χ2n) is 4.85. The lowest BCUT2D eigenvalue weighted by Crippen LogP contribution is -2.03. The molecule has 108 valence electrons. The molecule has 0 heterocycles. The van der Waals surface area contributed by atoms with E-state index in [0.717, 1.165) is 16.7 Å². The number of carboxylic acids is 1. The van der Waals surface area contributed by atoms with E-state index in [1.54, 1.807) is 12.1 Å². The number of benzene rings is 2. The van der Waals surface area contributed by atoms with Gasteiger partial charge in [0, 0.05) is 17.0 Å². The normalized spacial score (nSPS) is 10.4. The summed E-state index contributed by atoms with van der Waals surface area (Å²) in [5, 5.41) is 9.26. The number of halogens is 1. The van der Waals surface area contributed by atoms with Gasteiger partial charge in [-0.1, -0.05) is 41.9 Å². The van der Waals surface area contributed by atoms with Crippen LogP contribution < -0.4 is 0 Å². The number of Topliss-reactive ketones (excluding diaryl/α,β-unsaturated/α-hetero) is 1. The fourth-order valence-electron chi connectivity index (χ4n) is 2.11. The summed E-state index contributed by atoms with van der Waals surface area (Å²) in [6.07, 6.45) is -0.126. The van der Waals surface area contributed by atoms with Gasteiger partial charge < -0.3 is 5.11 Å². The van der Waals surface area contributed by atoms with Crippen LogP contribution in [0, 0.1) is 6.92 Å². The van der Waals surface area contributed by atoms with E-state index in [4.69, 9.17) is 16.7 Å². The van der Waals surface area contributed by atoms with E-state index >= 15 is 0 Å². The van der Waals surface area contributed by atoms with Crippen LogP contribution in [0.3, 0.4) is 0 Å². The monoisotopic (exact) mass is 302 g/mol.